The summed E-state index contributed by atoms with van der Waals surface area (Å²) in [7, 11) is 0. The summed E-state index contributed by atoms with van der Waals surface area (Å²) in [5, 5.41) is 17.0. The Labute approximate surface area is 109 Å². The van der Waals surface area contributed by atoms with Gasteiger partial charge in [0.2, 0.25) is 0 Å². The van der Waals surface area contributed by atoms with Gasteiger partial charge in [0, 0.05) is 5.75 Å². The summed E-state index contributed by atoms with van der Waals surface area (Å²) in [6.45, 7) is 4.41. The molecule has 0 bridgehead atoms. The van der Waals surface area contributed by atoms with Gasteiger partial charge in [-0.25, -0.2) is 0 Å². The molecular formula is C10H14ClN3O2S. The van der Waals surface area contributed by atoms with Crippen LogP contribution in [-0.4, -0.2) is 38.0 Å². The fraction of sp³-hybridized carbons (Fsp3) is 0.600. The number of aryl methyl sites for hydroxylation is 1. The van der Waals surface area contributed by atoms with Crippen LogP contribution in [0.5, 0.6) is 0 Å². The molecule has 2 atom stereocenters. The van der Waals surface area contributed by atoms with Crippen molar-refractivity contribution in [1.29, 1.82) is 0 Å². The van der Waals surface area contributed by atoms with Crippen LogP contribution in [0.2, 0.25) is 5.02 Å². The van der Waals surface area contributed by atoms with Crippen molar-refractivity contribution in [2.75, 3.05) is 5.75 Å². The van der Waals surface area contributed by atoms with Crippen molar-refractivity contribution >= 4 is 29.3 Å². The van der Waals surface area contributed by atoms with Gasteiger partial charge >= 0.3 is 5.97 Å². The average molecular weight is 276 g/mol. The molecule has 94 valence electrons. The number of thioether (sulfide) groups is 1. The molecule has 0 unspecified atom stereocenters. The van der Waals surface area contributed by atoms with Gasteiger partial charge in [0.1, 0.15) is 6.04 Å². The van der Waals surface area contributed by atoms with E-state index in [1.807, 2.05) is 18.5 Å². The SMILES string of the molecule is Cc1nn(C[C@H]2N[C@@H](C(=O)O)CS2)c(C)c1Cl. The monoisotopic (exact) mass is 275 g/mol. The number of hydrogen-bond acceptors (Lipinski definition) is 4. The Morgan fingerprint density at radius 3 is 2.88 bits per heavy atom. The molecule has 1 aliphatic rings. The number of rotatable bonds is 3. The van der Waals surface area contributed by atoms with E-state index in [0.717, 1.165) is 11.4 Å². The van der Waals surface area contributed by atoms with Crippen LogP contribution in [0.15, 0.2) is 0 Å². The highest BCUT2D eigenvalue weighted by molar-refractivity contribution is 8.00. The standard InChI is InChI=1S/C10H14ClN3O2S/c1-5-9(11)6(2)14(13-5)3-8-12-7(4-17-8)10(15)16/h7-8,12H,3-4H2,1-2H3,(H,15,16)/t7-,8+/m1/s1. The molecule has 1 aromatic rings. The van der Waals surface area contributed by atoms with Gasteiger partial charge in [-0.05, 0) is 13.8 Å². The second-order valence-corrected chi connectivity index (χ2v) is 5.66. The van der Waals surface area contributed by atoms with Crippen molar-refractivity contribution in [1.82, 2.24) is 15.1 Å². The average Bonchev–Trinajstić information content (AvgIpc) is 2.82. The molecule has 0 amide bonds. The molecule has 2 heterocycles. The van der Waals surface area contributed by atoms with Crippen LogP contribution in [-0.2, 0) is 11.3 Å². The Hall–Kier alpha value is -0.720. The topological polar surface area (TPSA) is 67.2 Å². The van der Waals surface area contributed by atoms with E-state index in [9.17, 15) is 4.79 Å². The maximum atomic E-state index is 10.8. The van der Waals surface area contributed by atoms with E-state index < -0.39 is 12.0 Å². The number of hydrogen-bond donors (Lipinski definition) is 2. The number of aromatic nitrogens is 2. The zero-order valence-electron chi connectivity index (χ0n) is 9.61. The van der Waals surface area contributed by atoms with Gasteiger partial charge in [-0.1, -0.05) is 11.6 Å². The van der Waals surface area contributed by atoms with Crippen molar-refractivity contribution in [2.45, 2.75) is 31.8 Å². The van der Waals surface area contributed by atoms with Crippen molar-refractivity contribution in [3.63, 3.8) is 0 Å². The van der Waals surface area contributed by atoms with E-state index in [0.29, 0.717) is 17.3 Å². The Morgan fingerprint density at radius 2 is 2.41 bits per heavy atom. The normalized spacial score (nSPS) is 24.2. The molecule has 1 aliphatic heterocycles. The van der Waals surface area contributed by atoms with Gasteiger partial charge in [0.15, 0.2) is 0 Å². The molecule has 1 saturated heterocycles. The van der Waals surface area contributed by atoms with Crippen molar-refractivity contribution in [3.8, 4) is 0 Å². The maximum Gasteiger partial charge on any atom is 0.321 e. The molecule has 0 radical (unpaired) electrons. The first-order chi connectivity index (χ1) is 7.99. The number of nitrogens with zero attached hydrogens (tertiary/aromatic N) is 2. The van der Waals surface area contributed by atoms with Crippen LogP contribution in [0.1, 0.15) is 11.4 Å². The quantitative estimate of drug-likeness (QED) is 0.870. The van der Waals surface area contributed by atoms with Crippen molar-refractivity contribution in [2.24, 2.45) is 0 Å². The Kier molecular flexibility index (Phi) is 3.65. The highest BCUT2D eigenvalue weighted by atomic mass is 35.5. The zero-order chi connectivity index (χ0) is 12.6. The zero-order valence-corrected chi connectivity index (χ0v) is 11.2. The Balaban J connectivity index is 2.03. The molecule has 0 saturated carbocycles. The molecule has 2 N–H and O–H groups in total. The van der Waals surface area contributed by atoms with Crippen LogP contribution < -0.4 is 5.32 Å². The molecule has 1 aromatic heterocycles. The van der Waals surface area contributed by atoms with Crippen LogP contribution in [0.3, 0.4) is 0 Å². The van der Waals surface area contributed by atoms with E-state index in [-0.39, 0.29) is 5.37 Å². The second-order valence-electron chi connectivity index (χ2n) is 4.05. The molecule has 0 spiro atoms. The molecular weight excluding hydrogens is 262 g/mol. The minimum absolute atomic E-state index is 0.0742. The minimum Gasteiger partial charge on any atom is -0.480 e. The molecule has 0 aliphatic carbocycles. The third-order valence-corrected chi connectivity index (χ3v) is 4.54. The van der Waals surface area contributed by atoms with Gasteiger partial charge in [-0.15, -0.1) is 11.8 Å². The smallest absolute Gasteiger partial charge is 0.321 e. The van der Waals surface area contributed by atoms with Gasteiger partial charge in [0.25, 0.3) is 0 Å². The summed E-state index contributed by atoms with van der Waals surface area (Å²) in [6.07, 6.45) is 0. The minimum atomic E-state index is -0.800. The lowest BCUT2D eigenvalue weighted by Gasteiger charge is -2.12. The van der Waals surface area contributed by atoms with Crippen molar-refractivity contribution in [3.05, 3.63) is 16.4 Å². The summed E-state index contributed by atoms with van der Waals surface area (Å²) in [6, 6.07) is -0.461. The van der Waals surface area contributed by atoms with E-state index in [1.165, 1.54) is 0 Å². The number of halogens is 1. The number of nitrogens with one attached hydrogen (secondary N) is 1. The molecule has 1 fully saturated rings. The summed E-state index contributed by atoms with van der Waals surface area (Å²) in [5.41, 5.74) is 1.73. The predicted octanol–water partition coefficient (Wildman–Crippen LogP) is 1.27. The summed E-state index contributed by atoms with van der Waals surface area (Å²) in [5.74, 6) is -0.209. The first-order valence-corrected chi connectivity index (χ1v) is 6.71. The van der Waals surface area contributed by atoms with E-state index in [2.05, 4.69) is 10.4 Å². The Morgan fingerprint density at radius 1 is 1.71 bits per heavy atom. The third kappa shape index (κ3) is 2.59. The Bertz CT molecular complexity index is 449. The van der Waals surface area contributed by atoms with E-state index in [4.69, 9.17) is 16.7 Å². The first kappa shape index (κ1) is 12.7. The highest BCUT2D eigenvalue weighted by Gasteiger charge is 2.30. The number of aliphatic carboxylic acids is 1. The fourth-order valence-corrected chi connectivity index (χ4v) is 3.10. The molecule has 5 nitrogen and oxygen atoms in total. The molecule has 0 aromatic carbocycles. The van der Waals surface area contributed by atoms with E-state index in [1.54, 1.807) is 11.8 Å². The van der Waals surface area contributed by atoms with Crippen LogP contribution in [0, 0.1) is 13.8 Å². The molecule has 17 heavy (non-hydrogen) atoms. The third-order valence-electron chi connectivity index (χ3n) is 2.78. The van der Waals surface area contributed by atoms with Gasteiger partial charge in [-0.2, -0.15) is 5.10 Å². The second kappa shape index (κ2) is 4.88. The summed E-state index contributed by atoms with van der Waals surface area (Å²) >= 11 is 7.66. The molecule has 7 heteroatoms. The largest absolute Gasteiger partial charge is 0.480 e. The lowest BCUT2D eigenvalue weighted by molar-refractivity contribution is -0.138. The number of carboxylic acid groups (broad SMARTS) is 1. The number of carboxylic acids is 1. The number of carbonyl (C=O) groups is 1. The first-order valence-electron chi connectivity index (χ1n) is 5.29. The van der Waals surface area contributed by atoms with Gasteiger partial charge in [-0.3, -0.25) is 14.8 Å². The highest BCUT2D eigenvalue weighted by Crippen LogP contribution is 2.24. The van der Waals surface area contributed by atoms with Crippen LogP contribution in [0.25, 0.3) is 0 Å². The summed E-state index contributed by atoms with van der Waals surface area (Å²) in [4.78, 5) is 10.8. The molecule has 2 rings (SSSR count). The summed E-state index contributed by atoms with van der Waals surface area (Å²) < 4.78 is 1.83. The fourth-order valence-electron chi connectivity index (χ4n) is 1.79. The lowest BCUT2D eigenvalue weighted by atomic mass is 10.3. The van der Waals surface area contributed by atoms with Gasteiger partial charge in [0.05, 0.1) is 28.3 Å². The predicted molar refractivity (Wildman–Crippen MR) is 67.5 cm³/mol. The van der Waals surface area contributed by atoms with Crippen LogP contribution >= 0.6 is 23.4 Å². The lowest BCUT2D eigenvalue weighted by Crippen LogP contribution is -2.38. The maximum absolute atomic E-state index is 10.8. The van der Waals surface area contributed by atoms with Crippen molar-refractivity contribution < 1.29 is 9.90 Å². The van der Waals surface area contributed by atoms with E-state index >= 15 is 0 Å². The van der Waals surface area contributed by atoms with Gasteiger partial charge < -0.3 is 5.11 Å². The van der Waals surface area contributed by atoms with Crippen LogP contribution in [0.4, 0.5) is 0 Å².